The largest absolute Gasteiger partial charge is 0.444 e. The van der Waals surface area contributed by atoms with Gasteiger partial charge in [-0.1, -0.05) is 30.3 Å². The molecule has 20 heavy (non-hydrogen) atoms. The molecule has 2 atom stereocenters. The van der Waals surface area contributed by atoms with Crippen molar-refractivity contribution in [2.45, 2.75) is 58.1 Å². The highest BCUT2D eigenvalue weighted by molar-refractivity contribution is 5.68. The van der Waals surface area contributed by atoms with Crippen molar-refractivity contribution in [3.8, 4) is 0 Å². The molecule has 1 N–H and O–H groups in total. The molecular weight excluding hydrogens is 250 g/mol. The van der Waals surface area contributed by atoms with Gasteiger partial charge >= 0.3 is 6.09 Å². The molecule has 0 radical (unpaired) electrons. The SMILES string of the molecule is CC(C)(C)OC(=O)N[C@@H]1CC[C@@H](Cc2ccccc2)C1. The highest BCUT2D eigenvalue weighted by Gasteiger charge is 2.27. The van der Waals surface area contributed by atoms with Crippen LogP contribution < -0.4 is 5.32 Å². The van der Waals surface area contributed by atoms with Gasteiger partial charge in [0.05, 0.1) is 0 Å². The lowest BCUT2D eigenvalue weighted by Crippen LogP contribution is -2.38. The van der Waals surface area contributed by atoms with Crippen LogP contribution >= 0.6 is 0 Å². The average Bonchev–Trinajstić information content (AvgIpc) is 2.75. The van der Waals surface area contributed by atoms with Crippen LogP contribution in [-0.2, 0) is 11.2 Å². The Kier molecular flexibility index (Phi) is 4.69. The molecule has 1 aromatic carbocycles. The van der Waals surface area contributed by atoms with Crippen molar-refractivity contribution in [1.29, 1.82) is 0 Å². The summed E-state index contributed by atoms with van der Waals surface area (Å²) < 4.78 is 5.30. The van der Waals surface area contributed by atoms with Crippen LogP contribution in [0.15, 0.2) is 30.3 Å². The van der Waals surface area contributed by atoms with E-state index in [9.17, 15) is 4.79 Å². The monoisotopic (exact) mass is 275 g/mol. The molecule has 110 valence electrons. The number of carbonyl (C=O) groups excluding carboxylic acids is 1. The maximum absolute atomic E-state index is 11.7. The number of benzene rings is 1. The van der Waals surface area contributed by atoms with Crippen molar-refractivity contribution in [3.63, 3.8) is 0 Å². The minimum Gasteiger partial charge on any atom is -0.444 e. The zero-order valence-electron chi connectivity index (χ0n) is 12.7. The number of ether oxygens (including phenoxy) is 1. The summed E-state index contributed by atoms with van der Waals surface area (Å²) in [4.78, 5) is 11.7. The molecule has 3 heteroatoms. The van der Waals surface area contributed by atoms with Gasteiger partial charge in [-0.15, -0.1) is 0 Å². The summed E-state index contributed by atoms with van der Waals surface area (Å²) in [7, 11) is 0. The lowest BCUT2D eigenvalue weighted by Gasteiger charge is -2.21. The van der Waals surface area contributed by atoms with E-state index in [1.54, 1.807) is 0 Å². The summed E-state index contributed by atoms with van der Waals surface area (Å²) in [5, 5.41) is 2.99. The van der Waals surface area contributed by atoms with Gasteiger partial charge in [0.2, 0.25) is 0 Å². The van der Waals surface area contributed by atoms with E-state index in [1.807, 2.05) is 26.8 Å². The van der Waals surface area contributed by atoms with Crippen LogP contribution in [0.25, 0.3) is 0 Å². The molecule has 1 saturated carbocycles. The molecule has 3 nitrogen and oxygen atoms in total. The van der Waals surface area contributed by atoms with Gasteiger partial charge in [0.1, 0.15) is 5.60 Å². The van der Waals surface area contributed by atoms with Crippen LogP contribution in [0.5, 0.6) is 0 Å². The van der Waals surface area contributed by atoms with E-state index in [1.165, 1.54) is 12.0 Å². The van der Waals surface area contributed by atoms with Crippen LogP contribution in [-0.4, -0.2) is 17.7 Å². The number of alkyl carbamates (subject to hydrolysis) is 1. The standard InChI is InChI=1S/C17H25NO2/c1-17(2,3)20-16(19)18-15-10-9-14(12-15)11-13-7-5-4-6-8-13/h4-8,14-15H,9-12H2,1-3H3,(H,18,19)/t14-,15+/m0/s1. The summed E-state index contributed by atoms with van der Waals surface area (Å²) >= 11 is 0. The third kappa shape index (κ3) is 4.87. The number of nitrogens with one attached hydrogen (secondary N) is 1. The van der Waals surface area contributed by atoms with Gasteiger partial charge in [-0.3, -0.25) is 0 Å². The van der Waals surface area contributed by atoms with Crippen molar-refractivity contribution in [3.05, 3.63) is 35.9 Å². The molecule has 1 aromatic rings. The zero-order chi connectivity index (χ0) is 14.6. The summed E-state index contributed by atoms with van der Waals surface area (Å²) in [5.74, 6) is 0.664. The second kappa shape index (κ2) is 6.29. The number of hydrogen-bond donors (Lipinski definition) is 1. The molecule has 0 unspecified atom stereocenters. The first-order chi connectivity index (χ1) is 9.42. The maximum atomic E-state index is 11.7. The molecule has 1 amide bonds. The normalized spacial score (nSPS) is 22.6. The van der Waals surface area contributed by atoms with Crippen molar-refractivity contribution in [1.82, 2.24) is 5.32 Å². The van der Waals surface area contributed by atoms with Crippen LogP contribution in [0.3, 0.4) is 0 Å². The first-order valence-corrected chi connectivity index (χ1v) is 7.46. The van der Waals surface area contributed by atoms with Crippen molar-refractivity contribution in [2.75, 3.05) is 0 Å². The first kappa shape index (κ1) is 14.9. The van der Waals surface area contributed by atoms with Crippen molar-refractivity contribution in [2.24, 2.45) is 5.92 Å². The second-order valence-electron chi connectivity index (χ2n) is 6.71. The lowest BCUT2D eigenvalue weighted by molar-refractivity contribution is 0.0504. The van der Waals surface area contributed by atoms with Crippen LogP contribution in [0.4, 0.5) is 4.79 Å². The molecular formula is C17H25NO2. The smallest absolute Gasteiger partial charge is 0.407 e. The van der Waals surface area contributed by atoms with E-state index in [2.05, 4.69) is 29.6 Å². The molecule has 0 bridgehead atoms. The van der Waals surface area contributed by atoms with Crippen LogP contribution in [0.2, 0.25) is 0 Å². The molecule has 1 aliphatic carbocycles. The highest BCUT2D eigenvalue weighted by atomic mass is 16.6. The Hall–Kier alpha value is -1.51. The summed E-state index contributed by atoms with van der Waals surface area (Å²) in [6.45, 7) is 5.66. The summed E-state index contributed by atoms with van der Waals surface area (Å²) in [6.07, 6.45) is 4.09. The van der Waals surface area contributed by atoms with Gasteiger partial charge in [-0.05, 0) is 57.9 Å². The predicted octanol–water partition coefficient (Wildman–Crippen LogP) is 3.92. The Morgan fingerprint density at radius 2 is 1.95 bits per heavy atom. The third-order valence-corrected chi connectivity index (χ3v) is 3.63. The van der Waals surface area contributed by atoms with E-state index < -0.39 is 5.60 Å². The minimum atomic E-state index is -0.424. The molecule has 0 aromatic heterocycles. The topological polar surface area (TPSA) is 38.3 Å². The van der Waals surface area contributed by atoms with E-state index in [-0.39, 0.29) is 12.1 Å². The van der Waals surface area contributed by atoms with Gasteiger partial charge in [0, 0.05) is 6.04 Å². The second-order valence-corrected chi connectivity index (χ2v) is 6.71. The molecule has 0 heterocycles. The Morgan fingerprint density at radius 1 is 1.25 bits per heavy atom. The Balaban J connectivity index is 1.77. The number of carbonyl (C=O) groups is 1. The maximum Gasteiger partial charge on any atom is 0.407 e. The fourth-order valence-electron chi connectivity index (χ4n) is 2.81. The quantitative estimate of drug-likeness (QED) is 0.908. The van der Waals surface area contributed by atoms with Crippen LogP contribution in [0.1, 0.15) is 45.6 Å². The Labute approximate surface area is 121 Å². The predicted molar refractivity (Wildman–Crippen MR) is 80.6 cm³/mol. The summed E-state index contributed by atoms with van der Waals surface area (Å²) in [6, 6.07) is 10.8. The Bertz CT molecular complexity index is 436. The van der Waals surface area contributed by atoms with E-state index in [0.717, 1.165) is 19.3 Å². The third-order valence-electron chi connectivity index (χ3n) is 3.63. The van der Waals surface area contributed by atoms with E-state index in [4.69, 9.17) is 4.74 Å². The molecule has 0 saturated heterocycles. The van der Waals surface area contributed by atoms with Crippen molar-refractivity contribution < 1.29 is 9.53 Å². The Morgan fingerprint density at radius 3 is 2.60 bits per heavy atom. The molecule has 0 spiro atoms. The van der Waals surface area contributed by atoms with Gasteiger partial charge in [0.15, 0.2) is 0 Å². The van der Waals surface area contributed by atoms with E-state index in [0.29, 0.717) is 5.92 Å². The lowest BCUT2D eigenvalue weighted by atomic mass is 9.98. The molecule has 1 aliphatic rings. The van der Waals surface area contributed by atoms with E-state index >= 15 is 0 Å². The number of rotatable bonds is 3. The first-order valence-electron chi connectivity index (χ1n) is 7.46. The number of amides is 1. The summed E-state index contributed by atoms with van der Waals surface area (Å²) in [5.41, 5.74) is 0.960. The van der Waals surface area contributed by atoms with Gasteiger partial charge in [-0.2, -0.15) is 0 Å². The van der Waals surface area contributed by atoms with Crippen molar-refractivity contribution >= 4 is 6.09 Å². The average molecular weight is 275 g/mol. The van der Waals surface area contributed by atoms with Gasteiger partial charge in [0.25, 0.3) is 0 Å². The highest BCUT2D eigenvalue weighted by Crippen LogP contribution is 2.28. The fourth-order valence-corrected chi connectivity index (χ4v) is 2.81. The fraction of sp³-hybridized carbons (Fsp3) is 0.588. The van der Waals surface area contributed by atoms with Gasteiger partial charge < -0.3 is 10.1 Å². The molecule has 2 rings (SSSR count). The minimum absolute atomic E-state index is 0.263. The molecule has 0 aliphatic heterocycles. The zero-order valence-corrected chi connectivity index (χ0v) is 12.7. The van der Waals surface area contributed by atoms with Crippen LogP contribution in [0, 0.1) is 5.92 Å². The molecule has 1 fully saturated rings. The number of hydrogen-bond acceptors (Lipinski definition) is 2. The van der Waals surface area contributed by atoms with Gasteiger partial charge in [-0.25, -0.2) is 4.79 Å².